The Morgan fingerprint density at radius 1 is 1.47 bits per heavy atom. The van der Waals surface area contributed by atoms with E-state index in [-0.39, 0.29) is 12.0 Å². The Hall–Kier alpha value is -0.910. The maximum atomic E-state index is 8.91. The Bertz CT molecular complexity index is 530. The summed E-state index contributed by atoms with van der Waals surface area (Å²) in [6.07, 6.45) is 3.98. The second-order valence-corrected chi connectivity index (χ2v) is 6.67. The zero-order valence-corrected chi connectivity index (χ0v) is 12.8. The standard InChI is InChI=1S/C14H23N3OS/c1-11-12(17-6-8-19-13(17)16-11)9-15-10-14(2,3)5-4-7-18/h6,8,15,18H,4-5,7,9-10H2,1-3H3. The first kappa shape index (κ1) is 14.5. The average molecular weight is 281 g/mol. The normalized spacial score (nSPS) is 12.4. The van der Waals surface area contributed by atoms with E-state index in [1.807, 2.05) is 0 Å². The first-order chi connectivity index (χ1) is 9.03. The van der Waals surface area contributed by atoms with Crippen LogP contribution in [0, 0.1) is 12.3 Å². The number of aliphatic hydroxyl groups excluding tert-OH is 1. The molecule has 106 valence electrons. The van der Waals surface area contributed by atoms with Crippen LogP contribution in [0.25, 0.3) is 4.96 Å². The molecule has 0 saturated heterocycles. The summed E-state index contributed by atoms with van der Waals surface area (Å²) in [6.45, 7) is 8.60. The fourth-order valence-electron chi connectivity index (χ4n) is 2.32. The summed E-state index contributed by atoms with van der Waals surface area (Å²) < 4.78 is 2.16. The summed E-state index contributed by atoms with van der Waals surface area (Å²) in [6, 6.07) is 0. The lowest BCUT2D eigenvalue weighted by atomic mass is 9.88. The number of hydrogen-bond acceptors (Lipinski definition) is 4. The van der Waals surface area contributed by atoms with Crippen LogP contribution in [0.15, 0.2) is 11.6 Å². The van der Waals surface area contributed by atoms with Gasteiger partial charge in [0.1, 0.15) is 0 Å². The summed E-state index contributed by atoms with van der Waals surface area (Å²) in [7, 11) is 0. The van der Waals surface area contributed by atoms with Crippen molar-refractivity contribution in [2.45, 2.75) is 40.2 Å². The highest BCUT2D eigenvalue weighted by Gasteiger charge is 2.17. The van der Waals surface area contributed by atoms with Crippen molar-refractivity contribution in [3.05, 3.63) is 23.0 Å². The Morgan fingerprint density at radius 2 is 2.26 bits per heavy atom. The van der Waals surface area contributed by atoms with E-state index in [0.29, 0.717) is 0 Å². The molecule has 4 nitrogen and oxygen atoms in total. The predicted molar refractivity (Wildman–Crippen MR) is 79.6 cm³/mol. The van der Waals surface area contributed by atoms with E-state index in [9.17, 15) is 0 Å². The number of imidazole rings is 1. The third kappa shape index (κ3) is 3.55. The quantitative estimate of drug-likeness (QED) is 0.820. The van der Waals surface area contributed by atoms with Crippen LogP contribution in [0.4, 0.5) is 0 Å². The van der Waals surface area contributed by atoms with Gasteiger partial charge < -0.3 is 10.4 Å². The van der Waals surface area contributed by atoms with Crippen LogP contribution in [0.1, 0.15) is 38.1 Å². The Labute approximate surface area is 118 Å². The molecule has 0 aliphatic carbocycles. The largest absolute Gasteiger partial charge is 0.396 e. The van der Waals surface area contributed by atoms with E-state index in [2.05, 4.69) is 47.0 Å². The third-order valence-electron chi connectivity index (χ3n) is 3.47. The molecule has 0 saturated carbocycles. The molecule has 2 aromatic rings. The van der Waals surface area contributed by atoms with Crippen LogP contribution in [-0.2, 0) is 6.54 Å². The minimum atomic E-state index is 0.217. The zero-order valence-electron chi connectivity index (χ0n) is 11.9. The van der Waals surface area contributed by atoms with Gasteiger partial charge >= 0.3 is 0 Å². The number of fused-ring (bicyclic) bond motifs is 1. The molecule has 2 N–H and O–H groups in total. The molecule has 0 spiro atoms. The van der Waals surface area contributed by atoms with Crippen molar-refractivity contribution >= 4 is 16.3 Å². The van der Waals surface area contributed by atoms with Gasteiger partial charge in [0.2, 0.25) is 0 Å². The summed E-state index contributed by atoms with van der Waals surface area (Å²) in [5.74, 6) is 0. The van der Waals surface area contributed by atoms with Crippen molar-refractivity contribution in [3.63, 3.8) is 0 Å². The van der Waals surface area contributed by atoms with Gasteiger partial charge in [0.25, 0.3) is 0 Å². The van der Waals surface area contributed by atoms with Crippen molar-refractivity contribution in [1.29, 1.82) is 0 Å². The van der Waals surface area contributed by atoms with E-state index >= 15 is 0 Å². The highest BCUT2D eigenvalue weighted by atomic mass is 32.1. The monoisotopic (exact) mass is 281 g/mol. The summed E-state index contributed by atoms with van der Waals surface area (Å²) in [4.78, 5) is 5.61. The van der Waals surface area contributed by atoms with Gasteiger partial charge in [0.05, 0.1) is 11.4 Å². The summed E-state index contributed by atoms with van der Waals surface area (Å²) in [5, 5.41) is 14.5. The van der Waals surface area contributed by atoms with Crippen LogP contribution in [0.5, 0.6) is 0 Å². The highest BCUT2D eigenvalue weighted by Crippen LogP contribution is 2.21. The fourth-order valence-corrected chi connectivity index (χ4v) is 3.10. The lowest BCUT2D eigenvalue weighted by molar-refractivity contribution is 0.236. The van der Waals surface area contributed by atoms with Crippen molar-refractivity contribution in [3.8, 4) is 0 Å². The number of nitrogens with zero attached hydrogens (tertiary/aromatic N) is 2. The van der Waals surface area contributed by atoms with Gasteiger partial charge in [-0.1, -0.05) is 13.8 Å². The number of rotatable bonds is 7. The van der Waals surface area contributed by atoms with Crippen LogP contribution in [-0.4, -0.2) is 27.6 Å². The molecule has 19 heavy (non-hydrogen) atoms. The third-order valence-corrected chi connectivity index (χ3v) is 4.23. The molecule has 0 aliphatic rings. The van der Waals surface area contributed by atoms with Gasteiger partial charge in [-0.05, 0) is 25.2 Å². The molecular weight excluding hydrogens is 258 g/mol. The predicted octanol–water partition coefficient (Wildman–Crippen LogP) is 2.59. The van der Waals surface area contributed by atoms with Crippen LogP contribution in [0.3, 0.4) is 0 Å². The van der Waals surface area contributed by atoms with Gasteiger partial charge in [-0.25, -0.2) is 4.98 Å². The molecule has 0 aromatic carbocycles. The fraction of sp³-hybridized carbons (Fsp3) is 0.643. The van der Waals surface area contributed by atoms with E-state index in [1.165, 1.54) is 5.69 Å². The first-order valence-corrected chi connectivity index (χ1v) is 7.64. The molecule has 0 amide bonds. The van der Waals surface area contributed by atoms with E-state index < -0.39 is 0 Å². The van der Waals surface area contributed by atoms with Gasteiger partial charge in [0.15, 0.2) is 4.96 Å². The molecule has 0 radical (unpaired) electrons. The van der Waals surface area contributed by atoms with E-state index in [0.717, 1.165) is 36.6 Å². The summed E-state index contributed by atoms with van der Waals surface area (Å²) >= 11 is 1.67. The molecule has 0 fully saturated rings. The van der Waals surface area contributed by atoms with Crippen molar-refractivity contribution in [2.24, 2.45) is 5.41 Å². The van der Waals surface area contributed by atoms with Gasteiger partial charge in [0, 0.05) is 31.3 Å². The molecule has 2 heterocycles. The lowest BCUT2D eigenvalue weighted by Crippen LogP contribution is -2.29. The second kappa shape index (κ2) is 6.03. The van der Waals surface area contributed by atoms with E-state index in [4.69, 9.17) is 5.11 Å². The van der Waals surface area contributed by atoms with Crippen LogP contribution >= 0.6 is 11.3 Å². The number of nitrogens with one attached hydrogen (secondary N) is 1. The maximum absolute atomic E-state index is 8.91. The number of thiazole rings is 1. The minimum Gasteiger partial charge on any atom is -0.396 e. The average Bonchev–Trinajstić information content (AvgIpc) is 2.89. The topological polar surface area (TPSA) is 49.6 Å². The minimum absolute atomic E-state index is 0.217. The Balaban J connectivity index is 1.92. The smallest absolute Gasteiger partial charge is 0.194 e. The molecule has 5 heteroatoms. The number of aliphatic hydroxyl groups is 1. The number of hydrogen-bond donors (Lipinski definition) is 2. The molecule has 2 rings (SSSR count). The highest BCUT2D eigenvalue weighted by molar-refractivity contribution is 7.15. The van der Waals surface area contributed by atoms with Gasteiger partial charge in [-0.3, -0.25) is 4.40 Å². The molecule has 0 unspecified atom stereocenters. The van der Waals surface area contributed by atoms with Gasteiger partial charge in [-0.15, -0.1) is 11.3 Å². The SMILES string of the molecule is Cc1nc2sccn2c1CNCC(C)(C)CCCO. The van der Waals surface area contributed by atoms with Gasteiger partial charge in [-0.2, -0.15) is 0 Å². The van der Waals surface area contributed by atoms with Crippen molar-refractivity contribution in [2.75, 3.05) is 13.2 Å². The first-order valence-electron chi connectivity index (χ1n) is 6.76. The zero-order chi connectivity index (χ0) is 13.9. The number of aryl methyl sites for hydroxylation is 1. The second-order valence-electron chi connectivity index (χ2n) is 5.79. The molecule has 2 aromatic heterocycles. The van der Waals surface area contributed by atoms with Crippen molar-refractivity contribution < 1.29 is 5.11 Å². The molecule has 0 aliphatic heterocycles. The Kier molecular flexibility index (Phi) is 4.60. The van der Waals surface area contributed by atoms with E-state index in [1.54, 1.807) is 11.3 Å². The molecule has 0 atom stereocenters. The maximum Gasteiger partial charge on any atom is 0.194 e. The molecule has 0 bridgehead atoms. The van der Waals surface area contributed by atoms with Crippen LogP contribution < -0.4 is 5.32 Å². The summed E-state index contributed by atoms with van der Waals surface area (Å²) in [5.41, 5.74) is 2.57. The van der Waals surface area contributed by atoms with Crippen molar-refractivity contribution in [1.82, 2.24) is 14.7 Å². The lowest BCUT2D eigenvalue weighted by Gasteiger charge is -2.24. The molecular formula is C14H23N3OS. The van der Waals surface area contributed by atoms with Crippen LogP contribution in [0.2, 0.25) is 0 Å². The number of aromatic nitrogens is 2. The Morgan fingerprint density at radius 3 is 3.00 bits per heavy atom.